The van der Waals surface area contributed by atoms with E-state index in [1.807, 2.05) is 6.92 Å². The minimum absolute atomic E-state index is 0.0598. The Labute approximate surface area is 143 Å². The predicted molar refractivity (Wildman–Crippen MR) is 87.9 cm³/mol. The lowest BCUT2D eigenvalue weighted by Crippen LogP contribution is -2.21. The third kappa shape index (κ3) is 5.14. The summed E-state index contributed by atoms with van der Waals surface area (Å²) in [6.07, 6.45) is -4.47. The molecule has 2 aromatic carbocycles. The molecule has 7 heteroatoms. The van der Waals surface area contributed by atoms with Crippen LogP contribution in [-0.2, 0) is 11.0 Å². The van der Waals surface area contributed by atoms with Crippen LogP contribution in [0.15, 0.2) is 42.5 Å². The maximum atomic E-state index is 12.9. The first-order valence-corrected chi connectivity index (χ1v) is 7.63. The lowest BCUT2D eigenvalue weighted by atomic mass is 10.1. The largest absolute Gasteiger partial charge is 0.490 e. The number of halogens is 3. The molecule has 1 N–H and O–H groups in total. The van der Waals surface area contributed by atoms with Gasteiger partial charge in [0.1, 0.15) is 0 Å². The number of rotatable bonds is 6. The maximum absolute atomic E-state index is 12.9. The fourth-order valence-corrected chi connectivity index (χ4v) is 2.19. The van der Waals surface area contributed by atoms with Crippen molar-refractivity contribution >= 4 is 11.6 Å². The van der Waals surface area contributed by atoms with Crippen LogP contribution in [0.4, 0.5) is 18.9 Å². The number of para-hydroxylation sites is 2. The second-order valence-corrected chi connectivity index (χ2v) is 5.24. The van der Waals surface area contributed by atoms with E-state index in [0.29, 0.717) is 18.1 Å². The summed E-state index contributed by atoms with van der Waals surface area (Å²) in [6.45, 7) is 3.27. The number of hydrogen-bond acceptors (Lipinski definition) is 3. The Bertz CT molecular complexity index is 745. The molecule has 0 aliphatic carbocycles. The number of benzene rings is 2. The Morgan fingerprint density at radius 3 is 2.32 bits per heavy atom. The molecule has 0 atom stereocenters. The van der Waals surface area contributed by atoms with Gasteiger partial charge >= 0.3 is 6.18 Å². The number of carbonyl (C=O) groups excluding carboxylic acids is 1. The SMILES string of the molecule is CCOc1ccccc1OCC(=O)Nc1ccc(C)c(C(F)(F)F)c1. The van der Waals surface area contributed by atoms with Crippen LogP contribution >= 0.6 is 0 Å². The van der Waals surface area contributed by atoms with E-state index in [2.05, 4.69) is 5.32 Å². The minimum Gasteiger partial charge on any atom is -0.490 e. The lowest BCUT2D eigenvalue weighted by Gasteiger charge is -2.14. The number of alkyl halides is 3. The summed E-state index contributed by atoms with van der Waals surface area (Å²) in [5, 5.41) is 2.40. The molecule has 25 heavy (non-hydrogen) atoms. The van der Waals surface area contributed by atoms with E-state index >= 15 is 0 Å². The molecule has 2 rings (SSSR count). The maximum Gasteiger partial charge on any atom is 0.416 e. The van der Waals surface area contributed by atoms with Gasteiger partial charge in [0.15, 0.2) is 18.1 Å². The molecule has 0 radical (unpaired) electrons. The number of nitrogens with one attached hydrogen (secondary N) is 1. The fraction of sp³-hybridized carbons (Fsp3) is 0.278. The van der Waals surface area contributed by atoms with Gasteiger partial charge in [-0.15, -0.1) is 0 Å². The highest BCUT2D eigenvalue weighted by molar-refractivity contribution is 5.92. The van der Waals surface area contributed by atoms with Crippen LogP contribution in [-0.4, -0.2) is 19.1 Å². The van der Waals surface area contributed by atoms with Crippen molar-refractivity contribution in [2.45, 2.75) is 20.0 Å². The van der Waals surface area contributed by atoms with Crippen molar-refractivity contribution in [1.82, 2.24) is 0 Å². The molecule has 0 unspecified atom stereocenters. The highest BCUT2D eigenvalue weighted by atomic mass is 19.4. The molecule has 1 amide bonds. The van der Waals surface area contributed by atoms with E-state index in [1.165, 1.54) is 19.1 Å². The van der Waals surface area contributed by atoms with Gasteiger partial charge < -0.3 is 14.8 Å². The Morgan fingerprint density at radius 2 is 1.72 bits per heavy atom. The molecule has 0 saturated carbocycles. The first-order chi connectivity index (χ1) is 11.8. The lowest BCUT2D eigenvalue weighted by molar-refractivity contribution is -0.138. The summed E-state index contributed by atoms with van der Waals surface area (Å²) in [5.41, 5.74) is -0.634. The van der Waals surface area contributed by atoms with E-state index < -0.39 is 17.6 Å². The van der Waals surface area contributed by atoms with Crippen molar-refractivity contribution in [1.29, 1.82) is 0 Å². The molecule has 0 spiro atoms. The number of aryl methyl sites for hydroxylation is 1. The third-order valence-electron chi connectivity index (χ3n) is 3.33. The summed E-state index contributed by atoms with van der Waals surface area (Å²) in [5.74, 6) is 0.315. The van der Waals surface area contributed by atoms with Gasteiger partial charge in [-0.25, -0.2) is 0 Å². The van der Waals surface area contributed by atoms with Crippen molar-refractivity contribution < 1.29 is 27.4 Å². The smallest absolute Gasteiger partial charge is 0.416 e. The highest BCUT2D eigenvalue weighted by Crippen LogP contribution is 2.33. The molecule has 2 aromatic rings. The van der Waals surface area contributed by atoms with E-state index in [4.69, 9.17) is 9.47 Å². The molecule has 0 bridgehead atoms. The summed E-state index contributed by atoms with van der Waals surface area (Å²) in [6, 6.07) is 10.5. The quantitative estimate of drug-likeness (QED) is 0.836. The number of ether oxygens (including phenoxy) is 2. The number of carbonyl (C=O) groups is 1. The fourth-order valence-electron chi connectivity index (χ4n) is 2.19. The van der Waals surface area contributed by atoms with Crippen molar-refractivity contribution in [3.05, 3.63) is 53.6 Å². The predicted octanol–water partition coefficient (Wildman–Crippen LogP) is 4.43. The van der Waals surface area contributed by atoms with Gasteiger partial charge in [-0.3, -0.25) is 4.79 Å². The number of amides is 1. The zero-order chi connectivity index (χ0) is 18.4. The van der Waals surface area contributed by atoms with E-state index in [1.54, 1.807) is 24.3 Å². The molecule has 4 nitrogen and oxygen atoms in total. The molecule has 0 fully saturated rings. The molecule has 0 aliphatic rings. The first kappa shape index (κ1) is 18.6. The average Bonchev–Trinajstić information content (AvgIpc) is 2.55. The molecule has 0 heterocycles. The van der Waals surface area contributed by atoms with E-state index in [-0.39, 0.29) is 17.9 Å². The van der Waals surface area contributed by atoms with Gasteiger partial charge in [-0.1, -0.05) is 18.2 Å². The van der Waals surface area contributed by atoms with Crippen LogP contribution in [0.25, 0.3) is 0 Å². The van der Waals surface area contributed by atoms with Crippen LogP contribution in [0.5, 0.6) is 11.5 Å². The van der Waals surface area contributed by atoms with Crippen molar-refractivity contribution in [2.75, 3.05) is 18.5 Å². The summed E-state index contributed by atoms with van der Waals surface area (Å²) in [7, 11) is 0. The third-order valence-corrected chi connectivity index (χ3v) is 3.33. The normalized spacial score (nSPS) is 11.1. The minimum atomic E-state index is -4.47. The zero-order valence-corrected chi connectivity index (χ0v) is 13.8. The van der Waals surface area contributed by atoms with Gasteiger partial charge in [-0.05, 0) is 43.7 Å². The van der Waals surface area contributed by atoms with Crippen molar-refractivity contribution in [3.8, 4) is 11.5 Å². The van der Waals surface area contributed by atoms with Crippen molar-refractivity contribution in [2.24, 2.45) is 0 Å². The van der Waals surface area contributed by atoms with Crippen LogP contribution in [0, 0.1) is 6.92 Å². The van der Waals surface area contributed by atoms with Crippen LogP contribution < -0.4 is 14.8 Å². The Kier molecular flexibility index (Phi) is 5.90. The first-order valence-electron chi connectivity index (χ1n) is 7.63. The van der Waals surface area contributed by atoms with Crippen LogP contribution in [0.2, 0.25) is 0 Å². The topological polar surface area (TPSA) is 47.6 Å². The van der Waals surface area contributed by atoms with E-state index in [0.717, 1.165) is 6.07 Å². The van der Waals surface area contributed by atoms with Gasteiger partial charge in [-0.2, -0.15) is 13.2 Å². The van der Waals surface area contributed by atoms with Gasteiger partial charge in [0.05, 0.1) is 12.2 Å². The summed E-state index contributed by atoms with van der Waals surface area (Å²) >= 11 is 0. The van der Waals surface area contributed by atoms with Crippen LogP contribution in [0.1, 0.15) is 18.1 Å². The number of anilines is 1. The second-order valence-electron chi connectivity index (χ2n) is 5.24. The van der Waals surface area contributed by atoms with E-state index in [9.17, 15) is 18.0 Å². The standard InChI is InChI=1S/C18H18F3NO3/c1-3-24-15-6-4-5-7-16(15)25-11-17(23)22-13-9-8-12(2)14(10-13)18(19,20)21/h4-10H,3,11H2,1-2H3,(H,22,23). The molecule has 0 aromatic heterocycles. The molecular weight excluding hydrogens is 335 g/mol. The molecule has 0 saturated heterocycles. The monoisotopic (exact) mass is 353 g/mol. The number of hydrogen-bond donors (Lipinski definition) is 1. The Hall–Kier alpha value is -2.70. The van der Waals surface area contributed by atoms with Gasteiger partial charge in [0.2, 0.25) is 0 Å². The Morgan fingerprint density at radius 1 is 1.08 bits per heavy atom. The van der Waals surface area contributed by atoms with Gasteiger partial charge in [0, 0.05) is 5.69 Å². The zero-order valence-electron chi connectivity index (χ0n) is 13.8. The summed E-state index contributed by atoms with van der Waals surface area (Å²) in [4.78, 5) is 11.9. The molecular formula is C18H18F3NO3. The second kappa shape index (κ2) is 7.92. The molecule has 134 valence electrons. The highest BCUT2D eigenvalue weighted by Gasteiger charge is 2.32. The molecule has 0 aliphatic heterocycles. The van der Waals surface area contributed by atoms with Crippen LogP contribution in [0.3, 0.4) is 0 Å². The summed E-state index contributed by atoms with van der Waals surface area (Å²) < 4.78 is 49.5. The Balaban J connectivity index is 2.02. The van der Waals surface area contributed by atoms with Gasteiger partial charge in [0.25, 0.3) is 5.91 Å². The van der Waals surface area contributed by atoms with Crippen molar-refractivity contribution in [3.63, 3.8) is 0 Å². The average molecular weight is 353 g/mol.